The molecule has 0 bridgehead atoms. The summed E-state index contributed by atoms with van der Waals surface area (Å²) < 4.78 is 5.06. The molecule has 3 rings (SSSR count). The number of carbonyl (C=O) groups is 1. The van der Waals surface area contributed by atoms with Crippen molar-refractivity contribution in [1.82, 2.24) is 5.01 Å². The number of hydrogen-bond acceptors (Lipinski definition) is 5. The van der Waals surface area contributed by atoms with Crippen molar-refractivity contribution in [1.29, 1.82) is 0 Å². The van der Waals surface area contributed by atoms with Gasteiger partial charge in [-0.15, -0.1) is 0 Å². The van der Waals surface area contributed by atoms with E-state index in [4.69, 9.17) is 4.74 Å². The second kappa shape index (κ2) is 5.83. The van der Waals surface area contributed by atoms with Crippen LogP contribution in [0.1, 0.15) is 11.1 Å². The molecule has 0 saturated carbocycles. The first-order valence-corrected chi connectivity index (χ1v) is 7.06. The van der Waals surface area contributed by atoms with E-state index in [1.165, 1.54) is 7.11 Å². The lowest BCUT2D eigenvalue weighted by Crippen LogP contribution is -2.46. The molecule has 2 aromatic carbocycles. The van der Waals surface area contributed by atoms with Crippen molar-refractivity contribution in [3.8, 4) is 5.75 Å². The molecule has 1 heterocycles. The summed E-state index contributed by atoms with van der Waals surface area (Å²) >= 11 is 0. The molecule has 1 amide bonds. The van der Waals surface area contributed by atoms with Crippen LogP contribution >= 0.6 is 0 Å². The van der Waals surface area contributed by atoms with E-state index in [0.29, 0.717) is 11.3 Å². The molecule has 6 heteroatoms. The van der Waals surface area contributed by atoms with Crippen molar-refractivity contribution in [3.05, 3.63) is 65.7 Å². The van der Waals surface area contributed by atoms with Gasteiger partial charge in [0.25, 0.3) is 5.79 Å². The maximum atomic E-state index is 12.2. The standard InChI is InChI=1S/C17H16N2O4/c1-23-14-9-7-13(8-10-14)15-17(21,22)16(20)19(18-15)11-12-5-3-2-4-6-12/h2-10,21-22H,11H2,1H3. The third kappa shape index (κ3) is 2.81. The maximum absolute atomic E-state index is 12.2. The predicted molar refractivity (Wildman–Crippen MR) is 83.7 cm³/mol. The van der Waals surface area contributed by atoms with Crippen LogP contribution in [0.5, 0.6) is 5.75 Å². The first-order valence-electron chi connectivity index (χ1n) is 7.06. The lowest BCUT2D eigenvalue weighted by Gasteiger charge is -2.17. The second-order valence-electron chi connectivity index (χ2n) is 5.20. The molecular formula is C17H16N2O4. The first kappa shape index (κ1) is 15.2. The minimum absolute atomic E-state index is 0.0962. The molecule has 0 unspecified atom stereocenters. The van der Waals surface area contributed by atoms with Crippen LogP contribution in [0.4, 0.5) is 0 Å². The van der Waals surface area contributed by atoms with E-state index in [1.54, 1.807) is 24.3 Å². The molecule has 0 fully saturated rings. The molecule has 0 radical (unpaired) electrons. The maximum Gasteiger partial charge on any atom is 0.309 e. The van der Waals surface area contributed by atoms with Crippen LogP contribution in [-0.4, -0.2) is 39.7 Å². The van der Waals surface area contributed by atoms with E-state index in [-0.39, 0.29) is 12.3 Å². The molecule has 0 aliphatic carbocycles. The number of rotatable bonds is 4. The number of ether oxygens (including phenoxy) is 1. The number of benzene rings is 2. The summed E-state index contributed by atoms with van der Waals surface area (Å²) in [6, 6.07) is 15.8. The Labute approximate surface area is 133 Å². The topological polar surface area (TPSA) is 82.4 Å². The van der Waals surface area contributed by atoms with Crippen LogP contribution in [0.25, 0.3) is 0 Å². The first-order chi connectivity index (χ1) is 11.0. The molecule has 2 N–H and O–H groups in total. The van der Waals surface area contributed by atoms with Crippen LogP contribution in [0.2, 0.25) is 0 Å². The summed E-state index contributed by atoms with van der Waals surface area (Å²) in [7, 11) is 1.54. The highest BCUT2D eigenvalue weighted by Crippen LogP contribution is 2.25. The van der Waals surface area contributed by atoms with E-state index in [1.807, 2.05) is 30.3 Å². The zero-order chi connectivity index (χ0) is 16.4. The number of hydrazone groups is 1. The highest BCUT2D eigenvalue weighted by molar-refractivity contribution is 6.20. The molecule has 0 saturated heterocycles. The van der Waals surface area contributed by atoms with Gasteiger partial charge in [-0.1, -0.05) is 30.3 Å². The van der Waals surface area contributed by atoms with E-state index in [9.17, 15) is 15.0 Å². The highest BCUT2D eigenvalue weighted by Gasteiger charge is 2.49. The summed E-state index contributed by atoms with van der Waals surface area (Å²) in [5.74, 6) is -2.88. The largest absolute Gasteiger partial charge is 0.497 e. The van der Waals surface area contributed by atoms with Crippen molar-refractivity contribution < 1.29 is 19.7 Å². The monoisotopic (exact) mass is 312 g/mol. The lowest BCUT2D eigenvalue weighted by atomic mass is 10.0. The van der Waals surface area contributed by atoms with Gasteiger partial charge >= 0.3 is 5.91 Å². The van der Waals surface area contributed by atoms with Crippen molar-refractivity contribution in [2.24, 2.45) is 5.10 Å². The Bertz CT molecular complexity index is 739. The molecule has 1 aliphatic rings. The van der Waals surface area contributed by atoms with E-state index in [0.717, 1.165) is 10.6 Å². The minimum atomic E-state index is -2.64. The number of nitrogens with zero attached hydrogens (tertiary/aromatic N) is 2. The predicted octanol–water partition coefficient (Wildman–Crippen LogP) is 1.12. The summed E-state index contributed by atoms with van der Waals surface area (Å²) in [6.07, 6.45) is 0. The SMILES string of the molecule is COc1ccc(C2=NN(Cc3ccccc3)C(=O)C2(O)O)cc1. The van der Waals surface area contributed by atoms with E-state index >= 15 is 0 Å². The van der Waals surface area contributed by atoms with Gasteiger partial charge in [0, 0.05) is 5.56 Å². The van der Waals surface area contributed by atoms with Crippen LogP contribution in [0, 0.1) is 0 Å². The highest BCUT2D eigenvalue weighted by atomic mass is 16.5. The Morgan fingerprint density at radius 2 is 1.74 bits per heavy atom. The summed E-state index contributed by atoms with van der Waals surface area (Å²) in [4.78, 5) is 12.2. The Morgan fingerprint density at radius 3 is 2.35 bits per heavy atom. The fourth-order valence-corrected chi connectivity index (χ4v) is 2.39. The lowest BCUT2D eigenvalue weighted by molar-refractivity contribution is -0.168. The summed E-state index contributed by atoms with van der Waals surface area (Å²) in [5.41, 5.74) is 1.19. The number of carbonyl (C=O) groups excluding carboxylic acids is 1. The van der Waals surface area contributed by atoms with Crippen molar-refractivity contribution in [3.63, 3.8) is 0 Å². The number of methoxy groups -OCH3 is 1. The second-order valence-corrected chi connectivity index (χ2v) is 5.20. The van der Waals surface area contributed by atoms with Crippen LogP contribution < -0.4 is 4.74 Å². The average molecular weight is 312 g/mol. The third-order valence-corrected chi connectivity index (χ3v) is 3.62. The number of hydrogen-bond donors (Lipinski definition) is 2. The van der Waals surface area contributed by atoms with Gasteiger partial charge in [0.2, 0.25) is 0 Å². The van der Waals surface area contributed by atoms with E-state index < -0.39 is 11.7 Å². The molecule has 0 aromatic heterocycles. The molecule has 2 aromatic rings. The molecule has 0 spiro atoms. The zero-order valence-electron chi connectivity index (χ0n) is 12.5. The van der Waals surface area contributed by atoms with Crippen LogP contribution in [0.3, 0.4) is 0 Å². The summed E-state index contributed by atoms with van der Waals surface area (Å²) in [6.45, 7) is 0.169. The van der Waals surface area contributed by atoms with Gasteiger partial charge in [0.15, 0.2) is 0 Å². The van der Waals surface area contributed by atoms with Gasteiger partial charge in [-0.2, -0.15) is 5.10 Å². The molecule has 1 aliphatic heterocycles. The van der Waals surface area contributed by atoms with E-state index in [2.05, 4.69) is 5.10 Å². The Hall–Kier alpha value is -2.70. The van der Waals surface area contributed by atoms with Gasteiger partial charge in [-0.25, -0.2) is 5.01 Å². The van der Waals surface area contributed by atoms with Gasteiger partial charge < -0.3 is 14.9 Å². The number of aliphatic hydroxyl groups is 2. The molecular weight excluding hydrogens is 296 g/mol. The molecule has 23 heavy (non-hydrogen) atoms. The van der Waals surface area contributed by atoms with Crippen molar-refractivity contribution in [2.75, 3.05) is 7.11 Å². The normalized spacial score (nSPS) is 16.4. The van der Waals surface area contributed by atoms with Crippen LogP contribution in [0.15, 0.2) is 59.7 Å². The fraction of sp³-hybridized carbons (Fsp3) is 0.176. The Balaban J connectivity index is 1.91. The van der Waals surface area contributed by atoms with Crippen molar-refractivity contribution in [2.45, 2.75) is 12.3 Å². The van der Waals surface area contributed by atoms with Gasteiger partial charge in [-0.3, -0.25) is 4.79 Å². The van der Waals surface area contributed by atoms with Gasteiger partial charge in [-0.05, 0) is 29.8 Å². The zero-order valence-corrected chi connectivity index (χ0v) is 12.5. The molecule has 118 valence electrons. The fourth-order valence-electron chi connectivity index (χ4n) is 2.39. The average Bonchev–Trinajstić information content (AvgIpc) is 2.79. The number of amides is 1. The quantitative estimate of drug-likeness (QED) is 0.829. The van der Waals surface area contributed by atoms with Crippen molar-refractivity contribution >= 4 is 11.6 Å². The Kier molecular flexibility index (Phi) is 3.85. The minimum Gasteiger partial charge on any atom is -0.497 e. The Morgan fingerprint density at radius 1 is 1.09 bits per heavy atom. The van der Waals surface area contributed by atoms with Gasteiger partial charge in [0.1, 0.15) is 11.5 Å². The molecule has 0 atom stereocenters. The van der Waals surface area contributed by atoms with Gasteiger partial charge in [0.05, 0.1) is 13.7 Å². The molecule has 6 nitrogen and oxygen atoms in total. The van der Waals surface area contributed by atoms with Crippen LogP contribution in [-0.2, 0) is 11.3 Å². The smallest absolute Gasteiger partial charge is 0.309 e. The third-order valence-electron chi connectivity index (χ3n) is 3.62. The summed E-state index contributed by atoms with van der Waals surface area (Å²) in [5, 5.41) is 25.5.